The summed E-state index contributed by atoms with van der Waals surface area (Å²) in [5.41, 5.74) is 8.83. The maximum Gasteiger partial charge on any atom is 0.124 e. The highest BCUT2D eigenvalue weighted by Crippen LogP contribution is 2.35. The number of rotatable bonds is 3. The molecule has 1 aromatic carbocycles. The predicted octanol–water partition coefficient (Wildman–Crippen LogP) is 1.67. The Hall–Kier alpha value is -1.22. The van der Waals surface area contributed by atoms with Gasteiger partial charge in [-0.2, -0.15) is 0 Å². The molecule has 16 heavy (non-hydrogen) atoms. The van der Waals surface area contributed by atoms with Gasteiger partial charge in [-0.25, -0.2) is 0 Å². The summed E-state index contributed by atoms with van der Waals surface area (Å²) in [5, 5.41) is 10.2. The first-order chi connectivity index (χ1) is 7.74. The molecular formula is C13H20N2O. The molecule has 0 unspecified atom stereocenters. The maximum absolute atomic E-state index is 10.2. The third-order valence-corrected chi connectivity index (χ3v) is 3.32. The van der Waals surface area contributed by atoms with Crippen molar-refractivity contribution in [2.75, 3.05) is 25.0 Å². The molecule has 3 heteroatoms. The zero-order valence-corrected chi connectivity index (χ0v) is 9.87. The molecule has 0 saturated carbocycles. The first-order valence-electron chi connectivity index (χ1n) is 5.99. The van der Waals surface area contributed by atoms with Crippen molar-refractivity contribution in [3.8, 4) is 5.75 Å². The monoisotopic (exact) mass is 220 g/mol. The van der Waals surface area contributed by atoms with Gasteiger partial charge in [0.05, 0.1) is 0 Å². The molecule has 0 amide bonds. The van der Waals surface area contributed by atoms with E-state index in [0.717, 1.165) is 43.4 Å². The summed E-state index contributed by atoms with van der Waals surface area (Å²) in [5.74, 6) is 0.498. The minimum atomic E-state index is 0.498. The van der Waals surface area contributed by atoms with E-state index in [1.54, 1.807) is 0 Å². The summed E-state index contributed by atoms with van der Waals surface area (Å²) >= 11 is 0. The summed E-state index contributed by atoms with van der Waals surface area (Å²) in [6.07, 6.45) is 3.92. The summed E-state index contributed by atoms with van der Waals surface area (Å²) in [6.45, 7) is 1.75. The van der Waals surface area contributed by atoms with Crippen LogP contribution in [0.15, 0.2) is 12.1 Å². The lowest BCUT2D eigenvalue weighted by molar-refractivity contribution is 0.457. The van der Waals surface area contributed by atoms with Gasteiger partial charge in [-0.1, -0.05) is 6.07 Å². The fraction of sp³-hybridized carbons (Fsp3) is 0.538. The standard InChI is InChI=1S/C13H20N2O/c1-15-9-3-5-11-12(15)7-6-10(13(11)16)4-2-8-14/h6-7,16H,2-5,8-9,14H2,1H3. The van der Waals surface area contributed by atoms with Gasteiger partial charge in [-0.15, -0.1) is 0 Å². The van der Waals surface area contributed by atoms with Gasteiger partial charge in [-0.3, -0.25) is 0 Å². The molecule has 0 saturated heterocycles. The van der Waals surface area contributed by atoms with Gasteiger partial charge < -0.3 is 15.7 Å². The van der Waals surface area contributed by atoms with E-state index >= 15 is 0 Å². The molecule has 2 rings (SSSR count). The topological polar surface area (TPSA) is 49.5 Å². The lowest BCUT2D eigenvalue weighted by atomic mass is 9.96. The van der Waals surface area contributed by atoms with Crippen molar-refractivity contribution in [1.29, 1.82) is 0 Å². The smallest absolute Gasteiger partial charge is 0.124 e. The number of nitrogens with zero attached hydrogens (tertiary/aromatic N) is 1. The molecule has 1 heterocycles. The second-order valence-electron chi connectivity index (χ2n) is 4.49. The quantitative estimate of drug-likeness (QED) is 0.814. The fourth-order valence-corrected chi connectivity index (χ4v) is 2.39. The fourth-order valence-electron chi connectivity index (χ4n) is 2.39. The van der Waals surface area contributed by atoms with Crippen LogP contribution in [0.5, 0.6) is 5.75 Å². The average molecular weight is 220 g/mol. The number of phenols is 1. The van der Waals surface area contributed by atoms with Crippen LogP contribution in [0.1, 0.15) is 24.0 Å². The van der Waals surface area contributed by atoms with Crippen molar-refractivity contribution in [2.24, 2.45) is 5.73 Å². The largest absolute Gasteiger partial charge is 0.507 e. The number of phenolic OH excluding ortho intramolecular Hbond substituents is 1. The average Bonchev–Trinajstić information content (AvgIpc) is 2.29. The first-order valence-corrected chi connectivity index (χ1v) is 5.99. The molecule has 3 N–H and O–H groups in total. The maximum atomic E-state index is 10.2. The third-order valence-electron chi connectivity index (χ3n) is 3.32. The summed E-state index contributed by atoms with van der Waals surface area (Å²) in [4.78, 5) is 2.21. The SMILES string of the molecule is CN1CCCc2c1ccc(CCCN)c2O. The number of anilines is 1. The third kappa shape index (κ3) is 2.00. The van der Waals surface area contributed by atoms with Crippen LogP contribution in [-0.4, -0.2) is 25.2 Å². The van der Waals surface area contributed by atoms with Crippen molar-refractivity contribution >= 4 is 5.69 Å². The molecule has 0 bridgehead atoms. The Labute approximate surface area is 96.9 Å². The molecular weight excluding hydrogens is 200 g/mol. The molecule has 0 spiro atoms. The van der Waals surface area contributed by atoms with E-state index in [2.05, 4.69) is 18.0 Å². The number of benzene rings is 1. The van der Waals surface area contributed by atoms with E-state index in [1.165, 1.54) is 5.69 Å². The van der Waals surface area contributed by atoms with Crippen molar-refractivity contribution in [3.63, 3.8) is 0 Å². The highest BCUT2D eigenvalue weighted by Gasteiger charge is 2.18. The van der Waals surface area contributed by atoms with Crippen LogP contribution in [0.25, 0.3) is 0 Å². The number of hydrogen-bond acceptors (Lipinski definition) is 3. The van der Waals surface area contributed by atoms with Gasteiger partial charge in [-0.05, 0) is 43.9 Å². The van der Waals surface area contributed by atoms with Crippen molar-refractivity contribution in [1.82, 2.24) is 0 Å². The van der Waals surface area contributed by atoms with Crippen LogP contribution in [0.2, 0.25) is 0 Å². The molecule has 0 atom stereocenters. The van der Waals surface area contributed by atoms with Crippen molar-refractivity contribution < 1.29 is 5.11 Å². The van der Waals surface area contributed by atoms with Gasteiger partial charge >= 0.3 is 0 Å². The Balaban J connectivity index is 2.31. The van der Waals surface area contributed by atoms with Crippen molar-refractivity contribution in [3.05, 3.63) is 23.3 Å². The highest BCUT2D eigenvalue weighted by molar-refractivity contribution is 5.62. The van der Waals surface area contributed by atoms with Gasteiger partial charge in [0.25, 0.3) is 0 Å². The Kier molecular flexibility index (Phi) is 3.34. The van der Waals surface area contributed by atoms with Crippen LogP contribution in [0, 0.1) is 0 Å². The summed E-state index contributed by atoms with van der Waals surface area (Å²) in [7, 11) is 2.08. The van der Waals surface area contributed by atoms with Gasteiger partial charge in [0, 0.05) is 24.8 Å². The van der Waals surface area contributed by atoms with E-state index in [1.807, 2.05) is 6.07 Å². The second-order valence-corrected chi connectivity index (χ2v) is 4.49. The summed E-state index contributed by atoms with van der Waals surface area (Å²) < 4.78 is 0. The zero-order chi connectivity index (χ0) is 11.5. The number of aromatic hydroxyl groups is 1. The molecule has 1 aromatic rings. The Morgan fingerprint density at radius 2 is 2.25 bits per heavy atom. The van der Waals surface area contributed by atoms with E-state index in [-0.39, 0.29) is 0 Å². The Morgan fingerprint density at radius 3 is 3.00 bits per heavy atom. The Morgan fingerprint density at radius 1 is 1.44 bits per heavy atom. The molecule has 0 fully saturated rings. The molecule has 0 aliphatic carbocycles. The first kappa shape index (κ1) is 11.3. The normalized spacial score (nSPS) is 15.0. The van der Waals surface area contributed by atoms with Gasteiger partial charge in [0.1, 0.15) is 5.75 Å². The second kappa shape index (κ2) is 4.74. The Bertz CT molecular complexity index is 376. The summed E-state index contributed by atoms with van der Waals surface area (Å²) in [6, 6.07) is 4.16. The van der Waals surface area contributed by atoms with Gasteiger partial charge in [0.15, 0.2) is 0 Å². The van der Waals surface area contributed by atoms with Crippen LogP contribution in [-0.2, 0) is 12.8 Å². The van der Waals surface area contributed by atoms with E-state index in [4.69, 9.17) is 5.73 Å². The minimum absolute atomic E-state index is 0.498. The number of fused-ring (bicyclic) bond motifs is 1. The lowest BCUT2D eigenvalue weighted by Crippen LogP contribution is -2.24. The van der Waals surface area contributed by atoms with Crippen LogP contribution >= 0.6 is 0 Å². The minimum Gasteiger partial charge on any atom is -0.507 e. The molecule has 1 aliphatic rings. The van der Waals surface area contributed by atoms with E-state index in [0.29, 0.717) is 12.3 Å². The van der Waals surface area contributed by atoms with E-state index < -0.39 is 0 Å². The van der Waals surface area contributed by atoms with Crippen molar-refractivity contribution in [2.45, 2.75) is 25.7 Å². The molecule has 1 aliphatic heterocycles. The molecule has 3 nitrogen and oxygen atoms in total. The van der Waals surface area contributed by atoms with E-state index in [9.17, 15) is 5.11 Å². The number of aryl methyl sites for hydroxylation is 1. The predicted molar refractivity (Wildman–Crippen MR) is 67.1 cm³/mol. The molecule has 0 radical (unpaired) electrons. The van der Waals surface area contributed by atoms with Crippen LogP contribution < -0.4 is 10.6 Å². The highest BCUT2D eigenvalue weighted by atomic mass is 16.3. The van der Waals surface area contributed by atoms with Crippen LogP contribution in [0.3, 0.4) is 0 Å². The van der Waals surface area contributed by atoms with Gasteiger partial charge in [0.2, 0.25) is 0 Å². The lowest BCUT2D eigenvalue weighted by Gasteiger charge is -2.28. The zero-order valence-electron chi connectivity index (χ0n) is 9.87. The molecule has 0 aromatic heterocycles. The number of nitrogens with two attached hydrogens (primary N) is 1. The van der Waals surface area contributed by atoms with Crippen LogP contribution in [0.4, 0.5) is 5.69 Å². The molecule has 88 valence electrons. The number of hydrogen-bond donors (Lipinski definition) is 2.